The molecule has 0 radical (unpaired) electrons. The van der Waals surface area contributed by atoms with E-state index in [9.17, 15) is 10.2 Å². The molecule has 4 heterocycles. The van der Waals surface area contributed by atoms with Crippen LogP contribution in [0.15, 0.2) is 6.20 Å². The van der Waals surface area contributed by atoms with Crippen LogP contribution >= 0.6 is 0 Å². The number of aliphatic hydroxyl groups is 2. The Bertz CT molecular complexity index is 523. The van der Waals surface area contributed by atoms with E-state index in [-0.39, 0.29) is 23.7 Å². The van der Waals surface area contributed by atoms with E-state index in [0.29, 0.717) is 12.3 Å². The molecule has 110 valence electrons. The molecule has 20 heavy (non-hydrogen) atoms. The van der Waals surface area contributed by atoms with Gasteiger partial charge in [-0.05, 0) is 19.8 Å². The molecule has 1 aliphatic carbocycles. The van der Waals surface area contributed by atoms with Gasteiger partial charge in [0.05, 0.1) is 43.7 Å². The Balaban J connectivity index is 1.62. The van der Waals surface area contributed by atoms with Gasteiger partial charge < -0.3 is 14.9 Å². The lowest BCUT2D eigenvalue weighted by atomic mass is 9.67. The van der Waals surface area contributed by atoms with Crippen molar-refractivity contribution in [3.05, 3.63) is 11.9 Å². The fourth-order valence-corrected chi connectivity index (χ4v) is 4.23. The van der Waals surface area contributed by atoms with Crippen LogP contribution in [0.3, 0.4) is 0 Å². The first-order chi connectivity index (χ1) is 9.58. The topological polar surface area (TPSA) is 83.6 Å². The molecule has 1 unspecified atom stereocenters. The van der Waals surface area contributed by atoms with Gasteiger partial charge >= 0.3 is 0 Å². The van der Waals surface area contributed by atoms with E-state index in [1.54, 1.807) is 6.92 Å². The fraction of sp³-hybridized carbons (Fsp3) is 0.846. The van der Waals surface area contributed by atoms with Crippen molar-refractivity contribution in [2.24, 2.45) is 0 Å². The predicted octanol–water partition coefficient (Wildman–Crippen LogP) is -0.734. The molecule has 3 saturated heterocycles. The lowest BCUT2D eigenvalue weighted by molar-refractivity contribution is -0.110. The van der Waals surface area contributed by atoms with E-state index in [4.69, 9.17) is 4.74 Å². The summed E-state index contributed by atoms with van der Waals surface area (Å²) in [5.74, 6) is 0. The molecule has 2 N–H and O–H groups in total. The minimum atomic E-state index is -0.591. The van der Waals surface area contributed by atoms with Gasteiger partial charge in [-0.15, -0.1) is 5.10 Å². The Kier molecular flexibility index (Phi) is 2.54. The van der Waals surface area contributed by atoms with Crippen LogP contribution in [-0.4, -0.2) is 68.1 Å². The van der Waals surface area contributed by atoms with Gasteiger partial charge in [0.15, 0.2) is 0 Å². The molecule has 4 fully saturated rings. The van der Waals surface area contributed by atoms with Gasteiger partial charge in [-0.25, -0.2) is 4.68 Å². The van der Waals surface area contributed by atoms with E-state index >= 15 is 0 Å². The zero-order valence-electron chi connectivity index (χ0n) is 11.6. The number of hydrogen-bond acceptors (Lipinski definition) is 6. The molecule has 2 atom stereocenters. The molecule has 0 aromatic carbocycles. The number of morpholine rings is 1. The van der Waals surface area contributed by atoms with Crippen molar-refractivity contribution in [2.45, 2.75) is 43.0 Å². The number of hydrogen-bond donors (Lipinski definition) is 2. The van der Waals surface area contributed by atoms with Gasteiger partial charge in [-0.2, -0.15) is 0 Å². The summed E-state index contributed by atoms with van der Waals surface area (Å²) in [6, 6.07) is 0.0906. The quantitative estimate of drug-likeness (QED) is 0.759. The number of ether oxygens (including phenoxy) is 1. The number of nitrogens with zero attached hydrogens (tertiary/aromatic N) is 4. The summed E-state index contributed by atoms with van der Waals surface area (Å²) in [7, 11) is 0. The maximum absolute atomic E-state index is 9.58. The van der Waals surface area contributed by atoms with Crippen molar-refractivity contribution in [3.63, 3.8) is 0 Å². The number of aromatic nitrogens is 3. The van der Waals surface area contributed by atoms with Crippen molar-refractivity contribution in [3.8, 4) is 0 Å². The smallest absolute Gasteiger partial charge is 0.111 e. The van der Waals surface area contributed by atoms with Crippen molar-refractivity contribution >= 4 is 0 Å². The molecule has 5 rings (SSSR count). The van der Waals surface area contributed by atoms with Crippen LogP contribution < -0.4 is 0 Å². The monoisotopic (exact) mass is 280 g/mol. The van der Waals surface area contributed by atoms with Gasteiger partial charge in [0, 0.05) is 12.1 Å². The molecule has 0 amide bonds. The first-order valence-electron chi connectivity index (χ1n) is 7.15. The Morgan fingerprint density at radius 1 is 1.50 bits per heavy atom. The van der Waals surface area contributed by atoms with Gasteiger partial charge in [-0.3, -0.25) is 4.90 Å². The van der Waals surface area contributed by atoms with Gasteiger partial charge in [0.25, 0.3) is 0 Å². The lowest BCUT2D eigenvalue weighted by Gasteiger charge is -2.51. The zero-order chi connectivity index (χ0) is 14.0. The highest BCUT2D eigenvalue weighted by Crippen LogP contribution is 2.59. The summed E-state index contributed by atoms with van der Waals surface area (Å²) in [5, 5.41) is 27.4. The Morgan fingerprint density at radius 2 is 2.30 bits per heavy atom. The Morgan fingerprint density at radius 3 is 2.95 bits per heavy atom. The van der Waals surface area contributed by atoms with Crippen molar-refractivity contribution in [1.82, 2.24) is 19.9 Å². The van der Waals surface area contributed by atoms with E-state index in [2.05, 4.69) is 15.2 Å². The van der Waals surface area contributed by atoms with E-state index in [1.165, 1.54) is 0 Å². The summed E-state index contributed by atoms with van der Waals surface area (Å²) in [5.41, 5.74) is 0.643. The van der Waals surface area contributed by atoms with Crippen LogP contribution in [0.1, 0.15) is 31.6 Å². The normalized spacial score (nSPS) is 41.2. The van der Waals surface area contributed by atoms with Gasteiger partial charge in [-0.1, -0.05) is 5.21 Å². The maximum Gasteiger partial charge on any atom is 0.111 e. The Hall–Kier alpha value is -1.02. The first kappa shape index (κ1) is 12.7. The highest BCUT2D eigenvalue weighted by atomic mass is 16.5. The summed E-state index contributed by atoms with van der Waals surface area (Å²) in [4.78, 5) is 2.39. The van der Waals surface area contributed by atoms with Crippen molar-refractivity contribution in [1.29, 1.82) is 0 Å². The van der Waals surface area contributed by atoms with E-state index < -0.39 is 6.10 Å². The molecular formula is C13H20N4O3. The molecule has 1 saturated carbocycles. The van der Waals surface area contributed by atoms with Gasteiger partial charge in [0.1, 0.15) is 5.69 Å². The average Bonchev–Trinajstić information content (AvgIpc) is 3.07. The SMILES string of the molecule is C[C@H](O)c1cn(C23CN4C(CO)COCC4(C2)C3)nn1. The van der Waals surface area contributed by atoms with Crippen molar-refractivity contribution < 1.29 is 14.9 Å². The van der Waals surface area contributed by atoms with Crippen LogP contribution in [0.5, 0.6) is 0 Å². The van der Waals surface area contributed by atoms with Crippen molar-refractivity contribution in [2.75, 3.05) is 26.4 Å². The number of aliphatic hydroxyl groups excluding tert-OH is 2. The summed E-state index contributed by atoms with van der Waals surface area (Å²) in [6.07, 6.45) is 3.23. The second-order valence-electron chi connectivity index (χ2n) is 6.55. The van der Waals surface area contributed by atoms with Crippen LogP contribution in [0.25, 0.3) is 0 Å². The lowest BCUT2D eigenvalue weighted by Crippen LogP contribution is -2.62. The van der Waals surface area contributed by atoms with Crippen LogP contribution in [0, 0.1) is 0 Å². The van der Waals surface area contributed by atoms with E-state index in [1.807, 2.05) is 10.9 Å². The molecule has 3 aliphatic heterocycles. The average molecular weight is 280 g/mol. The molecule has 1 aromatic rings. The van der Waals surface area contributed by atoms with Crippen LogP contribution in [-0.2, 0) is 10.3 Å². The molecule has 4 aliphatic rings. The predicted molar refractivity (Wildman–Crippen MR) is 69.0 cm³/mol. The summed E-state index contributed by atoms with van der Waals surface area (Å²) in [6.45, 7) is 4.05. The van der Waals surface area contributed by atoms with Crippen LogP contribution in [0.2, 0.25) is 0 Å². The Labute approximate surface area is 117 Å². The second-order valence-corrected chi connectivity index (χ2v) is 6.55. The first-order valence-corrected chi connectivity index (χ1v) is 7.15. The molecule has 2 bridgehead atoms. The standard InChI is InChI=1S/C13H20N4O3/c1-9(19)11-2-17(15-14-11)12-5-13(6-12)8-20-4-10(3-18)16(13)7-12/h2,9-10,18-19H,3-8H2,1H3/t9-,10?,12?,13?/m0/s1. The third-order valence-electron chi connectivity index (χ3n) is 5.15. The van der Waals surface area contributed by atoms with E-state index in [0.717, 1.165) is 26.0 Å². The van der Waals surface area contributed by atoms with Gasteiger partial charge in [0.2, 0.25) is 0 Å². The third kappa shape index (κ3) is 1.49. The molecule has 1 spiro atoms. The summed E-state index contributed by atoms with van der Waals surface area (Å²) < 4.78 is 7.57. The molecular weight excluding hydrogens is 260 g/mol. The zero-order valence-corrected chi connectivity index (χ0v) is 11.6. The highest BCUT2D eigenvalue weighted by molar-refractivity contribution is 5.23. The summed E-state index contributed by atoms with van der Waals surface area (Å²) >= 11 is 0. The fourth-order valence-electron chi connectivity index (χ4n) is 4.23. The largest absolute Gasteiger partial charge is 0.395 e. The molecule has 7 nitrogen and oxygen atoms in total. The minimum absolute atomic E-state index is 0.0404. The second kappa shape index (κ2) is 4.00. The number of rotatable bonds is 3. The highest BCUT2D eigenvalue weighted by Gasteiger charge is 2.69. The molecule has 1 aromatic heterocycles. The third-order valence-corrected chi connectivity index (χ3v) is 5.15. The molecule has 7 heteroatoms. The van der Waals surface area contributed by atoms with Crippen LogP contribution in [0.4, 0.5) is 0 Å². The minimum Gasteiger partial charge on any atom is -0.395 e. The maximum atomic E-state index is 9.58.